The van der Waals surface area contributed by atoms with Crippen LogP contribution in [-0.2, 0) is 0 Å². The minimum absolute atomic E-state index is 0.634. The van der Waals surface area contributed by atoms with Crippen LogP contribution < -0.4 is 10.2 Å². The molecule has 1 aromatic rings. The fraction of sp³-hybridized carbons (Fsp3) is 0.692. The second-order valence-corrected chi connectivity index (χ2v) is 6.03. The van der Waals surface area contributed by atoms with Gasteiger partial charge in [0.2, 0.25) is 5.95 Å². The van der Waals surface area contributed by atoms with Crippen LogP contribution >= 0.6 is 15.9 Å². The lowest BCUT2D eigenvalue weighted by molar-refractivity contribution is 0.601. The Balaban J connectivity index is 2.24. The summed E-state index contributed by atoms with van der Waals surface area (Å²) in [5, 5.41) is 3.17. The Morgan fingerprint density at radius 1 is 1.50 bits per heavy atom. The Morgan fingerprint density at radius 2 is 2.22 bits per heavy atom. The maximum Gasteiger partial charge on any atom is 0.224 e. The average molecular weight is 313 g/mol. The van der Waals surface area contributed by atoms with Gasteiger partial charge in [0.1, 0.15) is 5.82 Å². The summed E-state index contributed by atoms with van der Waals surface area (Å²) in [5.41, 5.74) is 0. The molecule has 0 atom stereocenters. The smallest absolute Gasteiger partial charge is 0.224 e. The number of halogens is 1. The third kappa shape index (κ3) is 3.34. The molecule has 1 aliphatic carbocycles. The molecule has 0 bridgehead atoms. The van der Waals surface area contributed by atoms with E-state index >= 15 is 0 Å². The number of aromatic nitrogens is 2. The van der Waals surface area contributed by atoms with E-state index < -0.39 is 0 Å². The van der Waals surface area contributed by atoms with Gasteiger partial charge >= 0.3 is 0 Å². The van der Waals surface area contributed by atoms with Crippen LogP contribution in [0.3, 0.4) is 0 Å². The van der Waals surface area contributed by atoms with E-state index in [1.165, 1.54) is 12.8 Å². The van der Waals surface area contributed by atoms with Crippen molar-refractivity contribution in [3.05, 3.63) is 10.7 Å². The summed E-state index contributed by atoms with van der Waals surface area (Å²) in [6.07, 6.45) is 4.40. The van der Waals surface area contributed by atoms with Gasteiger partial charge in [0.05, 0.1) is 4.47 Å². The number of hydrogen-bond donors (Lipinski definition) is 1. The van der Waals surface area contributed by atoms with Gasteiger partial charge < -0.3 is 10.2 Å². The minimum atomic E-state index is 0.634. The van der Waals surface area contributed by atoms with Crippen LogP contribution in [0.5, 0.6) is 0 Å². The summed E-state index contributed by atoms with van der Waals surface area (Å²) in [7, 11) is 0. The second-order valence-electron chi connectivity index (χ2n) is 5.17. The van der Waals surface area contributed by atoms with Crippen LogP contribution in [0.15, 0.2) is 10.7 Å². The van der Waals surface area contributed by atoms with Gasteiger partial charge in [0, 0.05) is 25.3 Å². The predicted octanol–water partition coefficient (Wildman–Crippen LogP) is 3.30. The highest BCUT2D eigenvalue weighted by atomic mass is 79.9. The molecule has 18 heavy (non-hydrogen) atoms. The van der Waals surface area contributed by atoms with Gasteiger partial charge in [-0.05, 0) is 41.6 Å². The second kappa shape index (κ2) is 5.87. The van der Waals surface area contributed by atoms with E-state index in [9.17, 15) is 0 Å². The first-order chi connectivity index (χ1) is 8.61. The molecule has 0 radical (unpaired) electrons. The summed E-state index contributed by atoms with van der Waals surface area (Å²) < 4.78 is 0.983. The summed E-state index contributed by atoms with van der Waals surface area (Å²) in [6.45, 7) is 8.43. The molecule has 1 aliphatic rings. The Kier molecular flexibility index (Phi) is 4.43. The molecule has 1 heterocycles. The molecule has 1 aromatic heterocycles. The van der Waals surface area contributed by atoms with Gasteiger partial charge in [-0.1, -0.05) is 13.8 Å². The molecule has 4 nitrogen and oxygen atoms in total. The van der Waals surface area contributed by atoms with Gasteiger partial charge in [-0.3, -0.25) is 0 Å². The number of rotatable bonds is 6. The van der Waals surface area contributed by atoms with Crippen molar-refractivity contribution in [3.63, 3.8) is 0 Å². The first-order valence-electron chi connectivity index (χ1n) is 6.64. The van der Waals surface area contributed by atoms with Gasteiger partial charge in [0.25, 0.3) is 0 Å². The fourth-order valence-electron chi connectivity index (χ4n) is 1.99. The van der Waals surface area contributed by atoms with Crippen molar-refractivity contribution in [1.29, 1.82) is 0 Å². The normalized spacial score (nSPS) is 14.9. The number of nitrogens with one attached hydrogen (secondary N) is 1. The standard InChI is InChI=1S/C13H21BrN4/c1-4-15-13-16-7-11(14)12(17-13)18(8-9(2)3)10-5-6-10/h7,9-10H,4-6,8H2,1-3H3,(H,15,16,17). The third-order valence-electron chi connectivity index (χ3n) is 2.88. The summed E-state index contributed by atoms with van der Waals surface area (Å²) >= 11 is 3.57. The number of anilines is 2. The lowest BCUT2D eigenvalue weighted by atomic mass is 10.2. The van der Waals surface area contributed by atoms with Gasteiger partial charge in [-0.2, -0.15) is 4.98 Å². The zero-order valence-electron chi connectivity index (χ0n) is 11.3. The van der Waals surface area contributed by atoms with Crippen molar-refractivity contribution in [2.75, 3.05) is 23.3 Å². The maximum absolute atomic E-state index is 4.63. The summed E-state index contributed by atoms with van der Waals surface area (Å²) in [5.74, 6) is 2.37. The van der Waals surface area contributed by atoms with Crippen LogP contribution in [0.25, 0.3) is 0 Å². The highest BCUT2D eigenvalue weighted by Crippen LogP contribution is 2.35. The quantitative estimate of drug-likeness (QED) is 0.875. The molecule has 0 aromatic carbocycles. The number of nitrogens with zero attached hydrogens (tertiary/aromatic N) is 3. The van der Waals surface area contributed by atoms with E-state index in [1.54, 1.807) is 0 Å². The highest BCUT2D eigenvalue weighted by Gasteiger charge is 2.31. The van der Waals surface area contributed by atoms with E-state index in [0.717, 1.165) is 23.4 Å². The Morgan fingerprint density at radius 3 is 2.78 bits per heavy atom. The number of hydrogen-bond acceptors (Lipinski definition) is 4. The molecule has 0 unspecified atom stereocenters. The molecule has 0 spiro atoms. The lowest BCUT2D eigenvalue weighted by Crippen LogP contribution is -2.31. The van der Waals surface area contributed by atoms with Crippen LogP contribution in [-0.4, -0.2) is 29.1 Å². The zero-order valence-corrected chi connectivity index (χ0v) is 12.9. The molecular weight excluding hydrogens is 292 g/mol. The molecule has 0 aliphatic heterocycles. The Bertz CT molecular complexity index is 404. The van der Waals surface area contributed by atoms with E-state index in [1.807, 2.05) is 6.20 Å². The monoisotopic (exact) mass is 312 g/mol. The topological polar surface area (TPSA) is 41.1 Å². The van der Waals surface area contributed by atoms with Gasteiger partial charge in [0.15, 0.2) is 0 Å². The van der Waals surface area contributed by atoms with Crippen molar-refractivity contribution in [1.82, 2.24) is 9.97 Å². The van der Waals surface area contributed by atoms with Crippen LogP contribution in [0, 0.1) is 5.92 Å². The SMILES string of the molecule is CCNc1ncc(Br)c(N(CC(C)C)C2CC2)n1. The molecule has 100 valence electrons. The van der Waals surface area contributed by atoms with E-state index in [2.05, 4.69) is 56.9 Å². The first-order valence-corrected chi connectivity index (χ1v) is 7.44. The van der Waals surface area contributed by atoms with Crippen LogP contribution in [0.1, 0.15) is 33.6 Å². The molecule has 0 amide bonds. The summed E-state index contributed by atoms with van der Waals surface area (Å²) in [6, 6.07) is 0.660. The van der Waals surface area contributed by atoms with E-state index in [4.69, 9.17) is 0 Å². The third-order valence-corrected chi connectivity index (χ3v) is 3.44. The largest absolute Gasteiger partial charge is 0.354 e. The predicted molar refractivity (Wildman–Crippen MR) is 79.1 cm³/mol. The van der Waals surface area contributed by atoms with Gasteiger partial charge in [-0.25, -0.2) is 4.98 Å². The van der Waals surface area contributed by atoms with Crippen molar-refractivity contribution >= 4 is 27.7 Å². The zero-order chi connectivity index (χ0) is 13.1. The Labute approximate surface area is 117 Å². The molecule has 5 heteroatoms. The fourth-order valence-corrected chi connectivity index (χ4v) is 2.41. The minimum Gasteiger partial charge on any atom is -0.354 e. The van der Waals surface area contributed by atoms with Crippen molar-refractivity contribution < 1.29 is 0 Å². The van der Waals surface area contributed by atoms with E-state index in [-0.39, 0.29) is 0 Å². The van der Waals surface area contributed by atoms with Crippen LogP contribution in [0.2, 0.25) is 0 Å². The molecular formula is C13H21BrN4. The van der Waals surface area contributed by atoms with Crippen molar-refractivity contribution in [2.45, 2.75) is 39.7 Å². The molecule has 1 N–H and O–H groups in total. The molecule has 0 saturated heterocycles. The average Bonchev–Trinajstić information content (AvgIpc) is 3.13. The molecule has 1 fully saturated rings. The van der Waals surface area contributed by atoms with Crippen molar-refractivity contribution in [3.8, 4) is 0 Å². The van der Waals surface area contributed by atoms with Crippen molar-refractivity contribution in [2.24, 2.45) is 5.92 Å². The molecule has 2 rings (SSSR count). The lowest BCUT2D eigenvalue weighted by Gasteiger charge is -2.26. The van der Waals surface area contributed by atoms with Gasteiger partial charge in [-0.15, -0.1) is 0 Å². The maximum atomic E-state index is 4.63. The molecule has 1 saturated carbocycles. The van der Waals surface area contributed by atoms with E-state index in [0.29, 0.717) is 17.9 Å². The Hall–Kier alpha value is -0.840. The highest BCUT2D eigenvalue weighted by molar-refractivity contribution is 9.10. The van der Waals surface area contributed by atoms with Crippen LogP contribution in [0.4, 0.5) is 11.8 Å². The summed E-state index contributed by atoms with van der Waals surface area (Å²) in [4.78, 5) is 11.3. The first kappa shape index (κ1) is 13.6.